The van der Waals surface area contributed by atoms with Crippen LogP contribution in [0.25, 0.3) is 0 Å². The quantitative estimate of drug-likeness (QED) is 0.237. The van der Waals surface area contributed by atoms with E-state index in [0.29, 0.717) is 22.5 Å². The molecule has 0 aromatic heterocycles. The summed E-state index contributed by atoms with van der Waals surface area (Å²) in [6.45, 7) is 4.03. The third-order valence-electron chi connectivity index (χ3n) is 9.09. The highest BCUT2D eigenvalue weighted by Crippen LogP contribution is 2.50. The van der Waals surface area contributed by atoms with E-state index >= 15 is 0 Å². The van der Waals surface area contributed by atoms with Crippen molar-refractivity contribution in [3.05, 3.63) is 11.1 Å². The van der Waals surface area contributed by atoms with Crippen LogP contribution in [-0.4, -0.2) is 101 Å². The number of piperidine rings is 1. The molecular weight excluding hydrogens is 555 g/mol. The van der Waals surface area contributed by atoms with Gasteiger partial charge in [0, 0.05) is 48.3 Å². The van der Waals surface area contributed by atoms with Crippen molar-refractivity contribution in [2.45, 2.75) is 84.2 Å². The van der Waals surface area contributed by atoms with Gasteiger partial charge in [-0.1, -0.05) is 12.8 Å². The maximum Gasteiger partial charge on any atom is 0.223 e. The fourth-order valence-electron chi connectivity index (χ4n) is 6.83. The van der Waals surface area contributed by atoms with Gasteiger partial charge in [0.1, 0.15) is 5.50 Å². The van der Waals surface area contributed by atoms with Gasteiger partial charge >= 0.3 is 0 Å². The van der Waals surface area contributed by atoms with Gasteiger partial charge in [-0.15, -0.1) is 35.3 Å². The molecule has 0 aromatic carbocycles. The summed E-state index contributed by atoms with van der Waals surface area (Å²) < 4.78 is 5.52. The molecule has 8 N–H and O–H groups in total. The lowest BCUT2D eigenvalue weighted by Gasteiger charge is -2.41. The maximum absolute atomic E-state index is 13.0. The van der Waals surface area contributed by atoms with Gasteiger partial charge in [-0.2, -0.15) is 0 Å². The molecule has 5 fully saturated rings. The van der Waals surface area contributed by atoms with Crippen molar-refractivity contribution in [1.82, 2.24) is 26.2 Å². The maximum atomic E-state index is 13.0. The van der Waals surface area contributed by atoms with Crippen LogP contribution in [0.2, 0.25) is 0 Å². The van der Waals surface area contributed by atoms with Crippen LogP contribution in [0.1, 0.15) is 38.5 Å². The summed E-state index contributed by atoms with van der Waals surface area (Å²) >= 11 is 5.63. The Morgan fingerprint density at radius 1 is 1.13 bits per heavy atom. The number of ketones is 1. The van der Waals surface area contributed by atoms with E-state index in [1.807, 2.05) is 41.4 Å². The molecule has 6 rings (SSSR count). The molecule has 0 bridgehead atoms. The number of carbonyl (C=O) groups excluding carboxylic acids is 2. The summed E-state index contributed by atoms with van der Waals surface area (Å²) in [5.74, 6) is 1.19. The lowest BCUT2D eigenvalue weighted by molar-refractivity contribution is -0.124. The summed E-state index contributed by atoms with van der Waals surface area (Å²) in [5, 5.41) is 16.6. The smallest absolute Gasteiger partial charge is 0.223 e. The third kappa shape index (κ3) is 6.46. The van der Waals surface area contributed by atoms with Crippen molar-refractivity contribution >= 4 is 47.0 Å². The van der Waals surface area contributed by atoms with Gasteiger partial charge in [0.2, 0.25) is 5.91 Å². The molecule has 10 nitrogen and oxygen atoms in total. The number of fused-ring (bicyclic) bond motifs is 1. The Kier molecular flexibility index (Phi) is 9.38. The number of morpholine rings is 1. The number of allylic oxidation sites excluding steroid dienone is 1. The number of carbonyl (C=O) groups is 2. The second-order valence-electron chi connectivity index (χ2n) is 11.6. The molecular formula is C26H43N7O3S3. The van der Waals surface area contributed by atoms with Crippen LogP contribution < -0.4 is 32.7 Å². The topological polar surface area (TPSA) is 147 Å². The minimum absolute atomic E-state index is 0.0210. The molecule has 5 aliphatic heterocycles. The molecule has 39 heavy (non-hydrogen) atoms. The van der Waals surface area contributed by atoms with Crippen molar-refractivity contribution in [3.63, 3.8) is 0 Å². The van der Waals surface area contributed by atoms with Gasteiger partial charge < -0.3 is 21.1 Å². The van der Waals surface area contributed by atoms with Crippen LogP contribution in [0, 0.1) is 11.8 Å². The van der Waals surface area contributed by atoms with Crippen molar-refractivity contribution in [2.75, 3.05) is 38.6 Å². The molecule has 8 unspecified atom stereocenters. The molecule has 4 saturated heterocycles. The number of nitrogens with zero attached hydrogens (tertiary/aromatic N) is 1. The van der Waals surface area contributed by atoms with Crippen LogP contribution in [-0.2, 0) is 14.3 Å². The second-order valence-corrected chi connectivity index (χ2v) is 15.3. The number of hydrogen-bond acceptors (Lipinski definition) is 12. The van der Waals surface area contributed by atoms with E-state index in [4.69, 9.17) is 16.2 Å². The van der Waals surface area contributed by atoms with Gasteiger partial charge in [0.25, 0.3) is 0 Å². The molecule has 0 aromatic rings. The highest BCUT2D eigenvalue weighted by Gasteiger charge is 2.49. The molecule has 1 amide bonds. The largest absolute Gasteiger partial charge is 0.378 e. The van der Waals surface area contributed by atoms with E-state index in [1.54, 1.807) is 0 Å². The Bertz CT molecular complexity index is 938. The summed E-state index contributed by atoms with van der Waals surface area (Å²) in [6.07, 6.45) is 7.96. The Balaban J connectivity index is 1.06. The molecule has 6 aliphatic rings. The molecule has 10 atom stereocenters. The third-order valence-corrected chi connectivity index (χ3v) is 13.7. The predicted octanol–water partition coefficient (Wildman–Crippen LogP) is 0.151. The van der Waals surface area contributed by atoms with E-state index in [9.17, 15) is 9.59 Å². The monoisotopic (exact) mass is 597 g/mol. The van der Waals surface area contributed by atoms with E-state index in [2.05, 4.69) is 26.2 Å². The number of hydrogen-bond donors (Lipinski definition) is 6. The van der Waals surface area contributed by atoms with Gasteiger partial charge in [0.05, 0.1) is 41.7 Å². The fraction of sp³-hybridized carbons (Fsp3) is 0.846. The van der Waals surface area contributed by atoms with E-state index in [0.717, 1.165) is 69.3 Å². The summed E-state index contributed by atoms with van der Waals surface area (Å²) in [7, 11) is 0. The van der Waals surface area contributed by atoms with Crippen molar-refractivity contribution < 1.29 is 14.3 Å². The Morgan fingerprint density at radius 2 is 1.95 bits per heavy atom. The van der Waals surface area contributed by atoms with Crippen molar-refractivity contribution in [2.24, 2.45) is 23.3 Å². The Hall–Kier alpha value is -0.510. The number of nitrogens with one attached hydrogen (secondary N) is 4. The number of rotatable bonds is 7. The fourth-order valence-corrected chi connectivity index (χ4v) is 12.0. The van der Waals surface area contributed by atoms with Gasteiger partial charge in [-0.3, -0.25) is 30.9 Å². The van der Waals surface area contributed by atoms with Crippen molar-refractivity contribution in [3.8, 4) is 0 Å². The molecule has 1 saturated carbocycles. The number of amides is 1. The first kappa shape index (κ1) is 28.6. The van der Waals surface area contributed by atoms with E-state index < -0.39 is 0 Å². The molecule has 1 aliphatic carbocycles. The van der Waals surface area contributed by atoms with E-state index in [1.165, 1.54) is 12.8 Å². The summed E-state index contributed by atoms with van der Waals surface area (Å²) in [4.78, 5) is 27.7. The van der Waals surface area contributed by atoms with Gasteiger partial charge in [-0.05, 0) is 37.4 Å². The standard InChI is InChI=1S/C26H43N7O3S3/c27-16-3-1-2-4-17(16)30-20-6-5-14(24(28)35)25(31-20)32-26-29-12-19(38-26)15-13-37-23-18(34)11-21(39-22(15)23)33-7-9-36-10-8-33/h11,14-17,19-20,22-23,25-26,29-32H,1-10,12-13,27H2,(H2,28,35)/t14?,15?,16-,17+,19?,20?,22?,23?,25?,26?/m1/s1. The first-order valence-electron chi connectivity index (χ1n) is 14.5. The SMILES string of the molecule is NC(=O)C1CCC(N[C@H]2CCCC[C@H]2N)NC1NC1NCC(C2CSC3C(=O)C=C(N4CCOCC4)SC32)S1. The Labute approximate surface area is 244 Å². The molecule has 218 valence electrons. The predicted molar refractivity (Wildman–Crippen MR) is 159 cm³/mol. The number of primary amides is 1. The first-order chi connectivity index (χ1) is 19.0. The highest BCUT2D eigenvalue weighted by molar-refractivity contribution is 8.07. The molecule has 13 heteroatoms. The van der Waals surface area contributed by atoms with Crippen LogP contribution in [0.15, 0.2) is 11.1 Å². The van der Waals surface area contributed by atoms with E-state index in [-0.39, 0.29) is 46.7 Å². The zero-order valence-corrected chi connectivity index (χ0v) is 24.8. The Morgan fingerprint density at radius 3 is 2.74 bits per heavy atom. The zero-order chi connectivity index (χ0) is 26.9. The zero-order valence-electron chi connectivity index (χ0n) is 22.4. The number of ether oxygens (including phenoxy) is 1. The first-order valence-corrected chi connectivity index (χ1v) is 17.4. The number of nitrogens with two attached hydrogens (primary N) is 2. The lowest BCUT2D eigenvalue weighted by atomic mass is 9.89. The molecule has 0 spiro atoms. The van der Waals surface area contributed by atoms with Crippen molar-refractivity contribution in [1.29, 1.82) is 0 Å². The van der Waals surface area contributed by atoms with Crippen LogP contribution in [0.4, 0.5) is 0 Å². The summed E-state index contributed by atoms with van der Waals surface area (Å²) in [6, 6.07) is 0.496. The second kappa shape index (κ2) is 12.8. The minimum Gasteiger partial charge on any atom is -0.378 e. The van der Waals surface area contributed by atoms with Gasteiger partial charge in [-0.25, -0.2) is 0 Å². The molecule has 5 heterocycles. The number of thioether (sulfide) groups is 3. The highest BCUT2D eigenvalue weighted by atomic mass is 32.2. The molecule has 0 radical (unpaired) electrons. The minimum atomic E-state index is -0.262. The average Bonchev–Trinajstić information content (AvgIpc) is 3.58. The van der Waals surface area contributed by atoms with Crippen LogP contribution >= 0.6 is 35.3 Å². The van der Waals surface area contributed by atoms with Gasteiger partial charge in [0.15, 0.2) is 5.78 Å². The average molecular weight is 598 g/mol. The lowest BCUT2D eigenvalue weighted by Crippen LogP contribution is -2.66. The normalized spacial score (nSPS) is 43.3. The van der Waals surface area contributed by atoms with Crippen LogP contribution in [0.3, 0.4) is 0 Å². The van der Waals surface area contributed by atoms with Crippen LogP contribution in [0.5, 0.6) is 0 Å². The summed E-state index contributed by atoms with van der Waals surface area (Å²) in [5.41, 5.74) is 12.2.